The number of benzene rings is 1. The van der Waals surface area contributed by atoms with Crippen molar-refractivity contribution in [2.24, 2.45) is 5.92 Å². The minimum absolute atomic E-state index is 0.0760. The third kappa shape index (κ3) is 3.60. The molecular weight excluding hydrogens is 341 g/mol. The number of hydrogen-bond donors (Lipinski definition) is 1. The molecule has 1 N–H and O–H groups in total. The van der Waals surface area contributed by atoms with Crippen molar-refractivity contribution in [2.75, 3.05) is 19.6 Å². The van der Waals surface area contributed by atoms with Gasteiger partial charge in [0.2, 0.25) is 10.0 Å². The van der Waals surface area contributed by atoms with E-state index in [9.17, 15) is 21.6 Å². The quantitative estimate of drug-likeness (QED) is 0.900. The molecule has 3 rings (SSSR count). The molecule has 4 nitrogen and oxygen atoms in total. The third-order valence-corrected chi connectivity index (χ3v) is 6.90. The van der Waals surface area contributed by atoms with E-state index in [1.807, 2.05) is 0 Å². The number of sulfonamides is 1. The average molecular weight is 362 g/mol. The molecule has 2 fully saturated rings. The fourth-order valence-electron chi connectivity index (χ4n) is 3.60. The molecular formula is C16H21F3N2O2S. The molecule has 8 heteroatoms. The highest BCUT2D eigenvalue weighted by Crippen LogP contribution is 2.32. The van der Waals surface area contributed by atoms with E-state index in [0.29, 0.717) is 25.0 Å². The molecule has 1 unspecified atom stereocenters. The number of hydrogen-bond acceptors (Lipinski definition) is 3. The summed E-state index contributed by atoms with van der Waals surface area (Å²) in [5.74, 6) is 0.478. The lowest BCUT2D eigenvalue weighted by Gasteiger charge is -2.34. The highest BCUT2D eigenvalue weighted by Gasteiger charge is 2.34. The van der Waals surface area contributed by atoms with E-state index in [1.54, 1.807) is 0 Å². The molecule has 0 aliphatic carbocycles. The smallest absolute Gasteiger partial charge is 0.314 e. The number of piperidine rings is 1. The summed E-state index contributed by atoms with van der Waals surface area (Å²) in [5.41, 5.74) is -0.840. The molecule has 0 radical (unpaired) electrons. The van der Waals surface area contributed by atoms with Gasteiger partial charge in [-0.3, -0.25) is 0 Å². The maximum absolute atomic E-state index is 12.6. The number of nitrogens with zero attached hydrogens (tertiary/aromatic N) is 1. The van der Waals surface area contributed by atoms with Crippen LogP contribution in [0.15, 0.2) is 29.2 Å². The second kappa shape index (κ2) is 6.65. The van der Waals surface area contributed by atoms with Crippen LogP contribution in [0.5, 0.6) is 0 Å². The first-order chi connectivity index (χ1) is 11.3. The summed E-state index contributed by atoms with van der Waals surface area (Å²) >= 11 is 0. The van der Waals surface area contributed by atoms with Crippen molar-refractivity contribution in [3.8, 4) is 0 Å². The number of rotatable bonds is 3. The molecule has 24 heavy (non-hydrogen) atoms. The molecule has 1 aromatic carbocycles. The van der Waals surface area contributed by atoms with Gasteiger partial charge in [-0.15, -0.1) is 0 Å². The number of nitrogens with one attached hydrogen (secondary N) is 1. The highest BCUT2D eigenvalue weighted by molar-refractivity contribution is 7.89. The third-order valence-electron chi connectivity index (χ3n) is 4.99. The van der Waals surface area contributed by atoms with Gasteiger partial charge in [0.05, 0.1) is 10.5 Å². The molecule has 0 amide bonds. The van der Waals surface area contributed by atoms with Crippen LogP contribution in [0.3, 0.4) is 0 Å². The SMILES string of the molecule is O=S(=O)(c1ccc(C(F)(F)F)cc1)N1CCC(C2CCCN2)CC1. The Bertz CT molecular complexity index is 660. The predicted molar refractivity (Wildman–Crippen MR) is 84.0 cm³/mol. The molecule has 2 saturated heterocycles. The monoisotopic (exact) mass is 362 g/mol. The Labute approximate surface area is 140 Å². The molecule has 0 saturated carbocycles. The van der Waals surface area contributed by atoms with Gasteiger partial charge >= 0.3 is 6.18 Å². The lowest BCUT2D eigenvalue weighted by atomic mass is 9.89. The Kier molecular flexibility index (Phi) is 4.90. The Balaban J connectivity index is 1.67. The fourth-order valence-corrected chi connectivity index (χ4v) is 5.07. The van der Waals surface area contributed by atoms with E-state index in [-0.39, 0.29) is 4.90 Å². The van der Waals surface area contributed by atoms with Crippen LogP contribution in [-0.2, 0) is 16.2 Å². The highest BCUT2D eigenvalue weighted by atomic mass is 32.2. The van der Waals surface area contributed by atoms with Crippen LogP contribution < -0.4 is 5.32 Å². The van der Waals surface area contributed by atoms with Gasteiger partial charge in [0, 0.05) is 19.1 Å². The van der Waals surface area contributed by atoms with E-state index in [2.05, 4.69) is 5.32 Å². The van der Waals surface area contributed by atoms with Gasteiger partial charge in [-0.1, -0.05) is 0 Å². The van der Waals surface area contributed by atoms with Crippen LogP contribution in [0.2, 0.25) is 0 Å². The molecule has 2 aliphatic heterocycles. The summed E-state index contributed by atoms with van der Waals surface area (Å²) in [4.78, 5) is -0.0760. The summed E-state index contributed by atoms with van der Waals surface area (Å²) in [5, 5.41) is 3.46. The second-order valence-corrected chi connectivity index (χ2v) is 8.40. The molecule has 1 atom stereocenters. The van der Waals surface area contributed by atoms with Crippen molar-refractivity contribution >= 4 is 10.0 Å². The predicted octanol–water partition coefficient (Wildman–Crippen LogP) is 2.86. The zero-order valence-electron chi connectivity index (χ0n) is 13.2. The van der Waals surface area contributed by atoms with Gasteiger partial charge in [-0.2, -0.15) is 17.5 Å². The number of alkyl halides is 3. The summed E-state index contributed by atoms with van der Waals surface area (Å²) in [6, 6.07) is 4.20. The summed E-state index contributed by atoms with van der Waals surface area (Å²) in [7, 11) is -3.73. The van der Waals surface area contributed by atoms with Crippen LogP contribution in [-0.4, -0.2) is 38.4 Å². The first-order valence-corrected chi connectivity index (χ1v) is 9.63. The Morgan fingerprint density at radius 3 is 2.17 bits per heavy atom. The van der Waals surface area contributed by atoms with Crippen LogP contribution in [0.1, 0.15) is 31.2 Å². The largest absolute Gasteiger partial charge is 0.416 e. The van der Waals surface area contributed by atoms with Crippen LogP contribution >= 0.6 is 0 Å². The van der Waals surface area contributed by atoms with Crippen molar-refractivity contribution in [3.63, 3.8) is 0 Å². The Hall–Kier alpha value is -1.12. The van der Waals surface area contributed by atoms with Gasteiger partial charge in [0.15, 0.2) is 0 Å². The van der Waals surface area contributed by atoms with Crippen LogP contribution in [0.4, 0.5) is 13.2 Å². The molecule has 0 spiro atoms. The van der Waals surface area contributed by atoms with E-state index in [4.69, 9.17) is 0 Å². The zero-order valence-corrected chi connectivity index (χ0v) is 14.0. The molecule has 0 aromatic heterocycles. The molecule has 2 aliphatic rings. The van der Waals surface area contributed by atoms with Crippen LogP contribution in [0, 0.1) is 5.92 Å². The maximum atomic E-state index is 12.6. The molecule has 134 valence electrons. The van der Waals surface area contributed by atoms with Crippen molar-refractivity contribution in [1.29, 1.82) is 0 Å². The lowest BCUT2D eigenvalue weighted by molar-refractivity contribution is -0.137. The normalized spacial score (nSPS) is 24.4. The lowest BCUT2D eigenvalue weighted by Crippen LogP contribution is -2.43. The van der Waals surface area contributed by atoms with Crippen molar-refractivity contribution in [3.05, 3.63) is 29.8 Å². The minimum atomic E-state index is -4.46. The standard InChI is InChI=1S/C16H21F3N2O2S/c17-16(18,19)13-3-5-14(6-4-13)24(22,23)21-10-7-12(8-11-21)15-2-1-9-20-15/h3-6,12,15,20H,1-2,7-11H2. The maximum Gasteiger partial charge on any atom is 0.416 e. The van der Waals surface area contributed by atoms with Gasteiger partial charge in [0.1, 0.15) is 0 Å². The first kappa shape index (κ1) is 17.7. The summed E-state index contributed by atoms with van der Waals surface area (Å²) in [6.07, 6.45) is -0.588. The Morgan fingerprint density at radius 1 is 1.04 bits per heavy atom. The first-order valence-electron chi connectivity index (χ1n) is 8.19. The van der Waals surface area contributed by atoms with E-state index in [0.717, 1.165) is 56.5 Å². The number of halogens is 3. The van der Waals surface area contributed by atoms with E-state index >= 15 is 0 Å². The molecule has 1 aromatic rings. The van der Waals surface area contributed by atoms with Crippen molar-refractivity contribution in [1.82, 2.24) is 9.62 Å². The van der Waals surface area contributed by atoms with E-state index in [1.165, 1.54) is 4.31 Å². The zero-order chi connectivity index (χ0) is 17.4. The van der Waals surface area contributed by atoms with Gasteiger partial charge in [-0.25, -0.2) is 8.42 Å². The minimum Gasteiger partial charge on any atom is -0.314 e. The topological polar surface area (TPSA) is 49.4 Å². The average Bonchev–Trinajstić information content (AvgIpc) is 3.09. The Morgan fingerprint density at radius 2 is 1.67 bits per heavy atom. The van der Waals surface area contributed by atoms with Crippen molar-refractivity contribution in [2.45, 2.75) is 42.8 Å². The second-order valence-electron chi connectivity index (χ2n) is 6.47. The van der Waals surface area contributed by atoms with Gasteiger partial charge < -0.3 is 5.32 Å². The molecule has 2 heterocycles. The summed E-state index contributed by atoms with van der Waals surface area (Å²) < 4.78 is 64.4. The van der Waals surface area contributed by atoms with Crippen molar-refractivity contribution < 1.29 is 21.6 Å². The van der Waals surface area contributed by atoms with Gasteiger partial charge in [0.25, 0.3) is 0 Å². The fraction of sp³-hybridized carbons (Fsp3) is 0.625. The van der Waals surface area contributed by atoms with Crippen LogP contribution in [0.25, 0.3) is 0 Å². The molecule has 0 bridgehead atoms. The van der Waals surface area contributed by atoms with E-state index < -0.39 is 21.8 Å². The van der Waals surface area contributed by atoms with Gasteiger partial charge in [-0.05, 0) is 62.4 Å². The summed E-state index contributed by atoms with van der Waals surface area (Å²) in [6.45, 7) is 1.87.